The average molecular weight is 220 g/mol. The van der Waals surface area contributed by atoms with Crippen LogP contribution in [0.4, 0.5) is 0 Å². The quantitative estimate of drug-likeness (QED) is 0.470. The number of aliphatic hydroxyl groups is 3. The van der Waals surface area contributed by atoms with Gasteiger partial charge in [-0.05, 0) is 19.3 Å². The van der Waals surface area contributed by atoms with E-state index >= 15 is 0 Å². The van der Waals surface area contributed by atoms with Crippen molar-refractivity contribution in [2.24, 2.45) is 0 Å². The van der Waals surface area contributed by atoms with Crippen LogP contribution >= 0.6 is 0 Å². The van der Waals surface area contributed by atoms with Gasteiger partial charge >= 0.3 is 5.97 Å². The maximum absolute atomic E-state index is 10.6. The molecule has 0 amide bonds. The molecule has 1 saturated heterocycles. The van der Waals surface area contributed by atoms with E-state index in [9.17, 15) is 15.0 Å². The zero-order valence-electron chi connectivity index (χ0n) is 8.24. The molecule has 0 aromatic carbocycles. The van der Waals surface area contributed by atoms with E-state index in [1.165, 1.54) is 0 Å². The molecule has 0 aromatic rings. The van der Waals surface area contributed by atoms with Gasteiger partial charge in [-0.1, -0.05) is 0 Å². The van der Waals surface area contributed by atoms with Crippen molar-refractivity contribution in [3.05, 3.63) is 0 Å². The fraction of sp³-hybridized carbons (Fsp3) is 0.889. The predicted molar refractivity (Wildman–Crippen MR) is 49.2 cm³/mol. The third-order valence-electron chi connectivity index (χ3n) is 2.53. The van der Waals surface area contributed by atoms with Crippen LogP contribution in [0.5, 0.6) is 0 Å². The molecule has 0 radical (unpaired) electrons. The van der Waals surface area contributed by atoms with Gasteiger partial charge in [-0.25, -0.2) is 4.79 Å². The highest BCUT2D eigenvalue weighted by Crippen LogP contribution is 2.22. The highest BCUT2D eigenvalue weighted by atomic mass is 16.5. The molecule has 6 nitrogen and oxygen atoms in total. The lowest BCUT2D eigenvalue weighted by Gasteiger charge is -2.32. The number of aliphatic carboxylic acids is 1. The number of carboxylic acids is 1. The molecule has 0 aromatic heterocycles. The summed E-state index contributed by atoms with van der Waals surface area (Å²) in [5, 5.41) is 36.0. The molecule has 1 aliphatic heterocycles. The molecule has 0 saturated carbocycles. The lowest BCUT2D eigenvalue weighted by atomic mass is 9.97. The van der Waals surface area contributed by atoms with Gasteiger partial charge in [0.05, 0.1) is 12.7 Å². The summed E-state index contributed by atoms with van der Waals surface area (Å²) in [7, 11) is 0. The molecule has 1 fully saturated rings. The van der Waals surface area contributed by atoms with Crippen molar-refractivity contribution in [1.29, 1.82) is 0 Å². The molecule has 0 spiro atoms. The lowest BCUT2D eigenvalue weighted by Crippen LogP contribution is -2.46. The van der Waals surface area contributed by atoms with Gasteiger partial charge in [0.15, 0.2) is 6.10 Å². The van der Waals surface area contributed by atoms with Gasteiger partial charge in [0.1, 0.15) is 12.2 Å². The van der Waals surface area contributed by atoms with Crippen LogP contribution in [0.1, 0.15) is 19.3 Å². The first kappa shape index (κ1) is 12.4. The van der Waals surface area contributed by atoms with E-state index in [2.05, 4.69) is 0 Å². The number of carboxylic acid groups (broad SMARTS) is 1. The molecule has 1 aliphatic rings. The summed E-state index contributed by atoms with van der Waals surface area (Å²) in [5.41, 5.74) is 0. The Morgan fingerprint density at radius 2 is 2.07 bits per heavy atom. The number of hydrogen-bond acceptors (Lipinski definition) is 5. The van der Waals surface area contributed by atoms with Crippen LogP contribution in [0, 0.1) is 0 Å². The van der Waals surface area contributed by atoms with Crippen molar-refractivity contribution in [1.82, 2.24) is 0 Å². The van der Waals surface area contributed by atoms with Crippen molar-refractivity contribution in [3.63, 3.8) is 0 Å². The molecule has 1 heterocycles. The Hall–Kier alpha value is -0.690. The minimum atomic E-state index is -1.29. The minimum absolute atomic E-state index is 0.410. The number of rotatable bonds is 4. The first-order valence-electron chi connectivity index (χ1n) is 4.91. The largest absolute Gasteiger partial charge is 0.479 e. The first-order valence-corrected chi connectivity index (χ1v) is 4.91. The van der Waals surface area contributed by atoms with Crippen molar-refractivity contribution in [2.45, 2.75) is 43.7 Å². The second-order valence-corrected chi connectivity index (χ2v) is 3.67. The van der Waals surface area contributed by atoms with Gasteiger partial charge in [-0.15, -0.1) is 0 Å². The molecule has 6 heteroatoms. The second-order valence-electron chi connectivity index (χ2n) is 3.67. The Labute approximate surface area is 87.1 Å². The van der Waals surface area contributed by atoms with E-state index in [0.717, 1.165) is 0 Å². The van der Waals surface area contributed by atoms with E-state index in [-0.39, 0.29) is 0 Å². The van der Waals surface area contributed by atoms with Crippen molar-refractivity contribution < 1.29 is 30.0 Å². The predicted octanol–water partition coefficient (Wildman–Crippen LogP) is -1.28. The van der Waals surface area contributed by atoms with Crippen LogP contribution in [-0.2, 0) is 9.53 Å². The van der Waals surface area contributed by atoms with E-state index < -0.39 is 37.0 Å². The summed E-state index contributed by atoms with van der Waals surface area (Å²) < 4.78 is 5.11. The normalized spacial score (nSPS) is 30.9. The Morgan fingerprint density at radius 3 is 2.60 bits per heavy atom. The first-order chi connectivity index (χ1) is 7.06. The molecular weight excluding hydrogens is 204 g/mol. The molecule has 4 atom stereocenters. The average Bonchev–Trinajstić information content (AvgIpc) is 2.27. The molecule has 4 N–H and O–H groups in total. The molecule has 1 rings (SSSR count). The summed E-state index contributed by atoms with van der Waals surface area (Å²) >= 11 is 0. The van der Waals surface area contributed by atoms with Gasteiger partial charge in [0.25, 0.3) is 0 Å². The second kappa shape index (κ2) is 5.41. The fourth-order valence-electron chi connectivity index (χ4n) is 1.64. The van der Waals surface area contributed by atoms with E-state index in [4.69, 9.17) is 14.9 Å². The molecule has 15 heavy (non-hydrogen) atoms. The van der Waals surface area contributed by atoms with Gasteiger partial charge in [0, 0.05) is 0 Å². The molecule has 0 bridgehead atoms. The Bertz CT molecular complexity index is 219. The highest BCUT2D eigenvalue weighted by Gasteiger charge is 2.34. The molecule has 88 valence electrons. The summed E-state index contributed by atoms with van der Waals surface area (Å²) in [6, 6.07) is 0. The van der Waals surface area contributed by atoms with Crippen LogP contribution < -0.4 is 0 Å². The smallest absolute Gasteiger partial charge is 0.332 e. The van der Waals surface area contributed by atoms with Crippen LogP contribution in [-0.4, -0.2) is 57.4 Å². The summed E-state index contributed by atoms with van der Waals surface area (Å²) in [6.45, 7) is -0.571. The zero-order valence-corrected chi connectivity index (χ0v) is 8.24. The van der Waals surface area contributed by atoms with E-state index in [1.807, 2.05) is 0 Å². The maximum atomic E-state index is 10.6. The van der Waals surface area contributed by atoms with Crippen LogP contribution in [0.25, 0.3) is 0 Å². The summed E-state index contributed by atoms with van der Waals surface area (Å²) in [4.78, 5) is 10.6. The van der Waals surface area contributed by atoms with Crippen LogP contribution in [0.3, 0.4) is 0 Å². The van der Waals surface area contributed by atoms with Crippen molar-refractivity contribution >= 4 is 5.97 Å². The lowest BCUT2D eigenvalue weighted by molar-refractivity contribution is -0.174. The molecular formula is C9H16O6. The van der Waals surface area contributed by atoms with Crippen molar-refractivity contribution in [3.8, 4) is 0 Å². The number of hydrogen-bond donors (Lipinski definition) is 4. The minimum Gasteiger partial charge on any atom is -0.479 e. The Balaban J connectivity index is 2.52. The van der Waals surface area contributed by atoms with E-state index in [0.29, 0.717) is 19.3 Å². The van der Waals surface area contributed by atoms with Gasteiger partial charge in [-0.3, -0.25) is 0 Å². The fourth-order valence-corrected chi connectivity index (χ4v) is 1.64. The summed E-state index contributed by atoms with van der Waals surface area (Å²) in [6.07, 6.45) is -2.65. The summed E-state index contributed by atoms with van der Waals surface area (Å²) in [5.74, 6) is -1.06. The molecule has 0 aliphatic carbocycles. The topological polar surface area (TPSA) is 107 Å². The number of carbonyl (C=O) groups is 1. The third kappa shape index (κ3) is 3.13. The zero-order chi connectivity index (χ0) is 11.4. The SMILES string of the molecule is O=C(O)C1CCCC([C@H](O)[C@H](O)CO)O1. The molecule has 2 unspecified atom stereocenters. The van der Waals surface area contributed by atoms with Gasteiger partial charge < -0.3 is 25.2 Å². The highest BCUT2D eigenvalue weighted by molar-refractivity contribution is 5.72. The van der Waals surface area contributed by atoms with Gasteiger partial charge in [0.2, 0.25) is 0 Å². The monoisotopic (exact) mass is 220 g/mol. The van der Waals surface area contributed by atoms with Crippen LogP contribution in [0.2, 0.25) is 0 Å². The third-order valence-corrected chi connectivity index (χ3v) is 2.53. The standard InChI is InChI=1S/C9H16O6/c10-4-5(11)8(12)6-2-1-3-7(15-6)9(13)14/h5-8,10-12H,1-4H2,(H,13,14)/t5-,6?,7?,8-/m1/s1. The Morgan fingerprint density at radius 1 is 1.40 bits per heavy atom. The maximum Gasteiger partial charge on any atom is 0.332 e. The number of ether oxygens (including phenoxy) is 1. The van der Waals surface area contributed by atoms with Crippen molar-refractivity contribution in [2.75, 3.05) is 6.61 Å². The Kier molecular flexibility index (Phi) is 4.46. The van der Waals surface area contributed by atoms with Gasteiger partial charge in [-0.2, -0.15) is 0 Å². The number of aliphatic hydroxyl groups excluding tert-OH is 3. The van der Waals surface area contributed by atoms with E-state index in [1.54, 1.807) is 0 Å². The van der Waals surface area contributed by atoms with Crippen LogP contribution in [0.15, 0.2) is 0 Å².